The molecule has 2 unspecified atom stereocenters. The minimum Gasteiger partial charge on any atom is -0.411 e. The maximum Gasteiger partial charge on any atom is 0.0626 e. The predicted molar refractivity (Wildman–Crippen MR) is 73.2 cm³/mol. The van der Waals surface area contributed by atoms with Crippen molar-refractivity contribution in [3.63, 3.8) is 0 Å². The standard InChI is InChI=1S/C14H19N3O2/c15-11-3-1-10(2-4-11)7-17-13-5-12(16-18)6-14(17)9-19-8-13/h1-4,13-14,18H,5-9,15H2. The number of nitrogens with zero attached hydrogens (tertiary/aromatic N) is 2. The molecule has 3 rings (SSSR count). The van der Waals surface area contributed by atoms with E-state index in [1.165, 1.54) is 5.56 Å². The molecule has 19 heavy (non-hydrogen) atoms. The van der Waals surface area contributed by atoms with E-state index in [9.17, 15) is 0 Å². The number of fused-ring (bicyclic) bond motifs is 2. The van der Waals surface area contributed by atoms with Gasteiger partial charge in [-0.2, -0.15) is 0 Å². The summed E-state index contributed by atoms with van der Waals surface area (Å²) in [5, 5.41) is 12.4. The highest BCUT2D eigenvalue weighted by atomic mass is 16.5. The van der Waals surface area contributed by atoms with Crippen molar-refractivity contribution in [3.8, 4) is 0 Å². The average molecular weight is 261 g/mol. The van der Waals surface area contributed by atoms with Gasteiger partial charge in [0.2, 0.25) is 0 Å². The van der Waals surface area contributed by atoms with Crippen molar-refractivity contribution in [1.29, 1.82) is 0 Å². The summed E-state index contributed by atoms with van der Waals surface area (Å²) in [5.74, 6) is 0. The van der Waals surface area contributed by atoms with E-state index >= 15 is 0 Å². The van der Waals surface area contributed by atoms with Crippen molar-refractivity contribution in [2.24, 2.45) is 5.16 Å². The number of nitrogens with two attached hydrogens (primary N) is 1. The maximum atomic E-state index is 8.97. The fourth-order valence-electron chi connectivity index (χ4n) is 2.98. The number of benzene rings is 1. The summed E-state index contributed by atoms with van der Waals surface area (Å²) in [7, 11) is 0. The maximum absolute atomic E-state index is 8.97. The lowest BCUT2D eigenvalue weighted by Crippen LogP contribution is -2.56. The van der Waals surface area contributed by atoms with Gasteiger partial charge in [0.25, 0.3) is 0 Å². The molecule has 2 saturated heterocycles. The van der Waals surface area contributed by atoms with E-state index < -0.39 is 0 Å². The van der Waals surface area contributed by atoms with Gasteiger partial charge < -0.3 is 15.7 Å². The van der Waals surface area contributed by atoms with Crippen LogP contribution in [0.5, 0.6) is 0 Å². The quantitative estimate of drug-likeness (QED) is 0.480. The van der Waals surface area contributed by atoms with Gasteiger partial charge in [-0.15, -0.1) is 0 Å². The number of hydrogen-bond acceptors (Lipinski definition) is 5. The number of nitrogen functional groups attached to an aromatic ring is 1. The Morgan fingerprint density at radius 2 is 1.84 bits per heavy atom. The summed E-state index contributed by atoms with van der Waals surface area (Å²) in [4.78, 5) is 2.46. The lowest BCUT2D eigenvalue weighted by Gasteiger charge is -2.45. The number of morpholine rings is 1. The second kappa shape index (κ2) is 5.19. The van der Waals surface area contributed by atoms with Crippen LogP contribution in [-0.4, -0.2) is 41.1 Å². The van der Waals surface area contributed by atoms with Crippen LogP contribution in [0.4, 0.5) is 5.69 Å². The molecular weight excluding hydrogens is 242 g/mol. The summed E-state index contributed by atoms with van der Waals surface area (Å²) in [5.41, 5.74) is 8.66. The lowest BCUT2D eigenvalue weighted by atomic mass is 9.92. The van der Waals surface area contributed by atoms with Gasteiger partial charge in [0.15, 0.2) is 0 Å². The number of oxime groups is 1. The molecule has 102 valence electrons. The fourth-order valence-corrected chi connectivity index (χ4v) is 2.98. The van der Waals surface area contributed by atoms with Crippen LogP contribution in [0.25, 0.3) is 0 Å². The molecule has 2 fully saturated rings. The van der Waals surface area contributed by atoms with Gasteiger partial charge in [-0.1, -0.05) is 17.3 Å². The van der Waals surface area contributed by atoms with E-state index in [1.54, 1.807) is 0 Å². The number of hydrogen-bond donors (Lipinski definition) is 2. The second-order valence-corrected chi connectivity index (χ2v) is 5.33. The van der Waals surface area contributed by atoms with Crippen LogP contribution < -0.4 is 5.73 Å². The molecule has 0 radical (unpaired) electrons. The fraction of sp³-hybridized carbons (Fsp3) is 0.500. The van der Waals surface area contributed by atoms with Gasteiger partial charge in [0, 0.05) is 37.2 Å². The Bertz CT molecular complexity index is 456. The Morgan fingerprint density at radius 3 is 2.42 bits per heavy atom. The second-order valence-electron chi connectivity index (χ2n) is 5.33. The third-order valence-electron chi connectivity index (χ3n) is 3.99. The first-order valence-electron chi connectivity index (χ1n) is 6.64. The van der Waals surface area contributed by atoms with Crippen LogP contribution in [-0.2, 0) is 11.3 Å². The first-order valence-corrected chi connectivity index (χ1v) is 6.64. The van der Waals surface area contributed by atoms with Crippen molar-refractivity contribution < 1.29 is 9.94 Å². The summed E-state index contributed by atoms with van der Waals surface area (Å²) < 4.78 is 5.62. The van der Waals surface area contributed by atoms with Crippen molar-refractivity contribution >= 4 is 11.4 Å². The Morgan fingerprint density at radius 1 is 1.21 bits per heavy atom. The topological polar surface area (TPSA) is 71.1 Å². The summed E-state index contributed by atoms with van der Waals surface area (Å²) in [6, 6.07) is 8.65. The molecule has 3 N–H and O–H groups in total. The molecule has 5 heteroatoms. The van der Waals surface area contributed by atoms with Crippen LogP contribution in [0.1, 0.15) is 18.4 Å². The number of ether oxygens (including phenoxy) is 1. The molecule has 5 nitrogen and oxygen atoms in total. The van der Waals surface area contributed by atoms with E-state index in [0.717, 1.165) is 30.8 Å². The Labute approximate surface area is 112 Å². The van der Waals surface area contributed by atoms with Crippen molar-refractivity contribution in [1.82, 2.24) is 4.90 Å². The van der Waals surface area contributed by atoms with Gasteiger partial charge in [-0.05, 0) is 17.7 Å². The molecular formula is C14H19N3O2. The molecule has 0 aromatic heterocycles. The average Bonchev–Trinajstić information content (AvgIpc) is 2.41. The lowest BCUT2D eigenvalue weighted by molar-refractivity contribution is -0.0574. The highest BCUT2D eigenvalue weighted by Crippen LogP contribution is 2.28. The zero-order chi connectivity index (χ0) is 13.2. The molecule has 0 spiro atoms. The van der Waals surface area contributed by atoms with Gasteiger partial charge in [0.1, 0.15) is 0 Å². The highest BCUT2D eigenvalue weighted by molar-refractivity contribution is 5.86. The Kier molecular flexibility index (Phi) is 3.40. The minimum atomic E-state index is 0.316. The highest BCUT2D eigenvalue weighted by Gasteiger charge is 2.37. The largest absolute Gasteiger partial charge is 0.411 e. The molecule has 1 aromatic rings. The summed E-state index contributed by atoms with van der Waals surface area (Å²) in [6.45, 7) is 2.33. The van der Waals surface area contributed by atoms with E-state index in [4.69, 9.17) is 15.7 Å². The molecule has 0 amide bonds. The van der Waals surface area contributed by atoms with Crippen LogP contribution in [0, 0.1) is 0 Å². The molecule has 2 heterocycles. The van der Waals surface area contributed by atoms with Crippen molar-refractivity contribution in [2.75, 3.05) is 18.9 Å². The van der Waals surface area contributed by atoms with Gasteiger partial charge in [0.05, 0.1) is 18.9 Å². The van der Waals surface area contributed by atoms with E-state index in [2.05, 4.69) is 22.2 Å². The van der Waals surface area contributed by atoms with Gasteiger partial charge in [-0.25, -0.2) is 0 Å². The molecule has 2 atom stereocenters. The SMILES string of the molecule is Nc1ccc(CN2C3COCC2CC(=NO)C3)cc1. The first kappa shape index (κ1) is 12.4. The van der Waals surface area contributed by atoms with Crippen molar-refractivity contribution in [2.45, 2.75) is 31.5 Å². The third-order valence-corrected chi connectivity index (χ3v) is 3.99. The van der Waals surface area contributed by atoms with Gasteiger partial charge >= 0.3 is 0 Å². The number of piperidine rings is 1. The van der Waals surface area contributed by atoms with Crippen LogP contribution in [0.2, 0.25) is 0 Å². The summed E-state index contributed by atoms with van der Waals surface area (Å²) >= 11 is 0. The molecule has 1 aromatic carbocycles. The minimum absolute atomic E-state index is 0.316. The van der Waals surface area contributed by atoms with Crippen LogP contribution >= 0.6 is 0 Å². The third kappa shape index (κ3) is 2.57. The predicted octanol–water partition coefficient (Wildman–Crippen LogP) is 1.46. The van der Waals surface area contributed by atoms with E-state index in [0.29, 0.717) is 25.3 Å². The monoisotopic (exact) mass is 261 g/mol. The zero-order valence-electron chi connectivity index (χ0n) is 10.8. The summed E-state index contributed by atoms with van der Waals surface area (Å²) in [6.07, 6.45) is 1.59. The molecule has 2 aliphatic heterocycles. The molecule has 2 aliphatic rings. The number of rotatable bonds is 2. The number of anilines is 1. The first-order chi connectivity index (χ1) is 9.26. The smallest absolute Gasteiger partial charge is 0.0626 e. The van der Waals surface area contributed by atoms with E-state index in [1.807, 2.05) is 12.1 Å². The van der Waals surface area contributed by atoms with Crippen LogP contribution in [0.3, 0.4) is 0 Å². The molecule has 0 saturated carbocycles. The zero-order valence-corrected chi connectivity index (χ0v) is 10.8. The normalized spacial score (nSPS) is 27.3. The van der Waals surface area contributed by atoms with Crippen molar-refractivity contribution in [3.05, 3.63) is 29.8 Å². The van der Waals surface area contributed by atoms with Gasteiger partial charge in [-0.3, -0.25) is 4.90 Å². The Hall–Kier alpha value is -1.59. The Balaban J connectivity index is 1.75. The molecule has 2 bridgehead atoms. The molecule has 0 aliphatic carbocycles. The van der Waals surface area contributed by atoms with E-state index in [-0.39, 0.29) is 0 Å². The van der Waals surface area contributed by atoms with Crippen LogP contribution in [0.15, 0.2) is 29.4 Å².